The first-order chi connectivity index (χ1) is 11.1. The van der Waals surface area contributed by atoms with Crippen molar-refractivity contribution in [3.63, 3.8) is 0 Å². The van der Waals surface area contributed by atoms with Gasteiger partial charge in [0, 0.05) is 17.3 Å². The molecule has 2 aromatic rings. The third kappa shape index (κ3) is 5.73. The molecule has 2 aromatic carbocycles. The van der Waals surface area contributed by atoms with E-state index in [4.69, 9.17) is 28.6 Å². The Morgan fingerprint density at radius 3 is 2.57 bits per heavy atom. The second-order valence-corrected chi connectivity index (χ2v) is 6.01. The van der Waals surface area contributed by atoms with Gasteiger partial charge in [-0.2, -0.15) is 0 Å². The van der Waals surface area contributed by atoms with E-state index >= 15 is 0 Å². The van der Waals surface area contributed by atoms with Gasteiger partial charge in [0.1, 0.15) is 5.75 Å². The molecule has 0 aliphatic carbocycles. The number of hydrogen-bond donors (Lipinski definition) is 2. The van der Waals surface area contributed by atoms with Gasteiger partial charge in [-0.25, -0.2) is 0 Å². The molecule has 3 nitrogen and oxygen atoms in total. The van der Waals surface area contributed by atoms with E-state index in [-0.39, 0.29) is 0 Å². The van der Waals surface area contributed by atoms with Gasteiger partial charge in [-0.3, -0.25) is 0 Å². The SMILES string of the molecule is CCOc1ccc(CCNC(=S)Nc2ccc(Cl)cc2C)cc1. The summed E-state index contributed by atoms with van der Waals surface area (Å²) in [5.74, 6) is 0.902. The highest BCUT2D eigenvalue weighted by molar-refractivity contribution is 7.80. The largest absolute Gasteiger partial charge is 0.494 e. The zero-order valence-corrected chi connectivity index (χ0v) is 14.9. The van der Waals surface area contributed by atoms with E-state index in [0.717, 1.165) is 35.0 Å². The molecule has 0 aromatic heterocycles. The van der Waals surface area contributed by atoms with Crippen molar-refractivity contribution in [1.82, 2.24) is 5.32 Å². The van der Waals surface area contributed by atoms with Crippen LogP contribution in [-0.4, -0.2) is 18.3 Å². The monoisotopic (exact) mass is 348 g/mol. The lowest BCUT2D eigenvalue weighted by molar-refractivity contribution is 0.340. The Hall–Kier alpha value is -1.78. The molecule has 2 rings (SSSR count). The van der Waals surface area contributed by atoms with E-state index in [1.54, 1.807) is 0 Å². The fourth-order valence-electron chi connectivity index (χ4n) is 2.17. The van der Waals surface area contributed by atoms with E-state index in [1.807, 2.05) is 44.2 Å². The summed E-state index contributed by atoms with van der Waals surface area (Å²) in [4.78, 5) is 0. The zero-order valence-electron chi connectivity index (χ0n) is 13.4. The van der Waals surface area contributed by atoms with Gasteiger partial charge in [-0.1, -0.05) is 23.7 Å². The van der Waals surface area contributed by atoms with Crippen molar-refractivity contribution in [2.24, 2.45) is 0 Å². The van der Waals surface area contributed by atoms with Crippen LogP contribution in [0, 0.1) is 6.92 Å². The number of halogens is 1. The lowest BCUT2D eigenvalue weighted by Gasteiger charge is -2.13. The van der Waals surface area contributed by atoms with Gasteiger partial charge >= 0.3 is 0 Å². The number of ether oxygens (including phenoxy) is 1. The standard InChI is InChI=1S/C18H21ClN2OS/c1-3-22-16-7-4-14(5-8-16)10-11-20-18(23)21-17-9-6-15(19)12-13(17)2/h4-9,12H,3,10-11H2,1-2H3,(H2,20,21,23). The molecule has 0 fully saturated rings. The molecule has 0 radical (unpaired) electrons. The van der Waals surface area contributed by atoms with Gasteiger partial charge in [-0.15, -0.1) is 0 Å². The minimum absolute atomic E-state index is 0.612. The Morgan fingerprint density at radius 1 is 1.17 bits per heavy atom. The second kappa shape index (κ2) is 8.75. The van der Waals surface area contributed by atoms with E-state index in [0.29, 0.717) is 11.7 Å². The topological polar surface area (TPSA) is 33.3 Å². The van der Waals surface area contributed by atoms with Gasteiger partial charge in [0.15, 0.2) is 5.11 Å². The maximum Gasteiger partial charge on any atom is 0.170 e. The highest BCUT2D eigenvalue weighted by Crippen LogP contribution is 2.19. The molecule has 0 amide bonds. The molecule has 0 heterocycles. The van der Waals surface area contributed by atoms with Crippen molar-refractivity contribution in [2.45, 2.75) is 20.3 Å². The lowest BCUT2D eigenvalue weighted by Crippen LogP contribution is -2.30. The number of aryl methyl sites for hydroxylation is 1. The predicted molar refractivity (Wildman–Crippen MR) is 102 cm³/mol. The Labute approximate surface area is 148 Å². The van der Waals surface area contributed by atoms with Gasteiger partial charge in [0.25, 0.3) is 0 Å². The molecule has 0 aliphatic heterocycles. The van der Waals surface area contributed by atoms with Crippen molar-refractivity contribution < 1.29 is 4.74 Å². The Bertz CT molecular complexity index is 659. The summed E-state index contributed by atoms with van der Waals surface area (Å²) in [6, 6.07) is 13.8. The summed E-state index contributed by atoms with van der Waals surface area (Å²) in [6.45, 7) is 5.43. The molecule has 23 heavy (non-hydrogen) atoms. The number of anilines is 1. The average Bonchev–Trinajstić information content (AvgIpc) is 2.52. The quantitative estimate of drug-likeness (QED) is 0.749. The van der Waals surface area contributed by atoms with Crippen LogP contribution in [0.3, 0.4) is 0 Å². The van der Waals surface area contributed by atoms with Crippen LogP contribution in [0.4, 0.5) is 5.69 Å². The van der Waals surface area contributed by atoms with Crippen LogP contribution in [-0.2, 0) is 6.42 Å². The number of hydrogen-bond acceptors (Lipinski definition) is 2. The fourth-order valence-corrected chi connectivity index (χ4v) is 2.61. The first kappa shape index (κ1) is 17.6. The molecule has 0 unspecified atom stereocenters. The molecular formula is C18H21ClN2OS. The minimum Gasteiger partial charge on any atom is -0.494 e. The van der Waals surface area contributed by atoms with Gasteiger partial charge in [0.2, 0.25) is 0 Å². The lowest BCUT2D eigenvalue weighted by atomic mass is 10.1. The molecule has 0 bridgehead atoms. The highest BCUT2D eigenvalue weighted by Gasteiger charge is 2.02. The average molecular weight is 349 g/mol. The van der Waals surface area contributed by atoms with Crippen LogP contribution in [0.15, 0.2) is 42.5 Å². The Balaban J connectivity index is 1.78. The normalized spacial score (nSPS) is 10.2. The Morgan fingerprint density at radius 2 is 1.91 bits per heavy atom. The van der Waals surface area contributed by atoms with Crippen LogP contribution >= 0.6 is 23.8 Å². The first-order valence-electron chi connectivity index (χ1n) is 7.61. The van der Waals surface area contributed by atoms with E-state index in [1.165, 1.54) is 5.56 Å². The van der Waals surface area contributed by atoms with Crippen LogP contribution in [0.1, 0.15) is 18.1 Å². The predicted octanol–water partition coefficient (Wildman–Crippen LogP) is 4.58. The molecule has 0 saturated carbocycles. The van der Waals surface area contributed by atoms with Crippen LogP contribution in [0.2, 0.25) is 5.02 Å². The fraction of sp³-hybridized carbons (Fsp3) is 0.278. The van der Waals surface area contributed by atoms with E-state index in [2.05, 4.69) is 22.8 Å². The summed E-state index contributed by atoms with van der Waals surface area (Å²) in [7, 11) is 0. The van der Waals surface area contributed by atoms with Crippen LogP contribution in [0.25, 0.3) is 0 Å². The van der Waals surface area contributed by atoms with Gasteiger partial charge < -0.3 is 15.4 Å². The zero-order chi connectivity index (χ0) is 16.7. The van der Waals surface area contributed by atoms with Crippen LogP contribution in [0.5, 0.6) is 5.75 Å². The third-order valence-corrected chi connectivity index (χ3v) is 3.85. The molecule has 5 heteroatoms. The summed E-state index contributed by atoms with van der Waals surface area (Å²) >= 11 is 11.3. The van der Waals surface area contributed by atoms with Crippen molar-refractivity contribution in [3.8, 4) is 5.75 Å². The summed E-state index contributed by atoms with van der Waals surface area (Å²) in [5.41, 5.74) is 3.27. The van der Waals surface area contributed by atoms with E-state index < -0.39 is 0 Å². The summed E-state index contributed by atoms with van der Waals surface area (Å²) in [5, 5.41) is 7.75. The number of nitrogens with one attached hydrogen (secondary N) is 2. The number of benzene rings is 2. The maximum absolute atomic E-state index is 5.95. The van der Waals surface area contributed by atoms with Crippen molar-refractivity contribution in [1.29, 1.82) is 0 Å². The highest BCUT2D eigenvalue weighted by atomic mass is 35.5. The number of rotatable bonds is 6. The minimum atomic E-state index is 0.612. The van der Waals surface area contributed by atoms with E-state index in [9.17, 15) is 0 Å². The van der Waals surface area contributed by atoms with Crippen molar-refractivity contribution in [3.05, 3.63) is 58.6 Å². The molecule has 122 valence electrons. The number of thiocarbonyl (C=S) groups is 1. The first-order valence-corrected chi connectivity index (χ1v) is 8.40. The molecule has 0 spiro atoms. The van der Waals surface area contributed by atoms with Gasteiger partial charge in [-0.05, 0) is 73.9 Å². The molecule has 2 N–H and O–H groups in total. The van der Waals surface area contributed by atoms with Crippen LogP contribution < -0.4 is 15.4 Å². The third-order valence-electron chi connectivity index (χ3n) is 3.37. The Kier molecular flexibility index (Phi) is 6.68. The van der Waals surface area contributed by atoms with Gasteiger partial charge in [0.05, 0.1) is 6.61 Å². The summed E-state index contributed by atoms with van der Waals surface area (Å²) < 4.78 is 5.43. The molecule has 0 saturated heterocycles. The second-order valence-electron chi connectivity index (χ2n) is 5.17. The van der Waals surface area contributed by atoms with Crippen molar-refractivity contribution in [2.75, 3.05) is 18.5 Å². The smallest absolute Gasteiger partial charge is 0.170 e. The molecular weight excluding hydrogens is 328 g/mol. The maximum atomic E-state index is 5.95. The summed E-state index contributed by atoms with van der Waals surface area (Å²) in [6.07, 6.45) is 0.897. The van der Waals surface area contributed by atoms with Crippen molar-refractivity contribution >= 4 is 34.6 Å². The molecule has 0 aliphatic rings. The molecule has 0 atom stereocenters.